The maximum Gasteiger partial charge on any atom is 0.441 e. The molecule has 1 heterocycles. The van der Waals surface area contributed by atoms with Crippen LogP contribution in [-0.2, 0) is 22.8 Å². The van der Waals surface area contributed by atoms with Crippen LogP contribution in [-0.4, -0.2) is 52.3 Å². The van der Waals surface area contributed by atoms with E-state index in [1.165, 1.54) is 0 Å². The average molecular weight is 436 g/mol. The van der Waals surface area contributed by atoms with Crippen molar-refractivity contribution in [2.75, 3.05) is 6.61 Å². The summed E-state index contributed by atoms with van der Waals surface area (Å²) >= 11 is 0. The van der Waals surface area contributed by atoms with Crippen molar-refractivity contribution in [3.8, 4) is 0 Å². The SMILES string of the molecule is Cc1cc(CC(C)N(C(=O)OO)C(C)(C)C)cc2cn(COCC[Si](C)(C)C)nc12. The van der Waals surface area contributed by atoms with Gasteiger partial charge >= 0.3 is 6.09 Å². The molecule has 0 spiro atoms. The summed E-state index contributed by atoms with van der Waals surface area (Å²) < 4.78 is 7.67. The van der Waals surface area contributed by atoms with E-state index < -0.39 is 19.7 Å². The van der Waals surface area contributed by atoms with Crippen molar-refractivity contribution in [3.05, 3.63) is 29.5 Å². The Morgan fingerprint density at radius 1 is 1.30 bits per heavy atom. The van der Waals surface area contributed by atoms with Crippen LogP contribution < -0.4 is 0 Å². The molecule has 2 rings (SSSR count). The van der Waals surface area contributed by atoms with Crippen molar-refractivity contribution < 1.29 is 19.7 Å². The number of aryl methyl sites for hydroxylation is 1. The molecular formula is C22H37N3O4Si. The van der Waals surface area contributed by atoms with E-state index in [0.29, 0.717) is 13.2 Å². The Kier molecular flexibility index (Phi) is 7.71. The van der Waals surface area contributed by atoms with Gasteiger partial charge in [0, 0.05) is 37.8 Å². The van der Waals surface area contributed by atoms with Gasteiger partial charge in [0.25, 0.3) is 0 Å². The Morgan fingerprint density at radius 3 is 2.53 bits per heavy atom. The Bertz CT molecular complexity index is 868. The predicted molar refractivity (Wildman–Crippen MR) is 122 cm³/mol. The molecule has 1 unspecified atom stereocenters. The van der Waals surface area contributed by atoms with Gasteiger partial charge in [-0.05, 0) is 64.3 Å². The third-order valence-electron chi connectivity index (χ3n) is 5.10. The summed E-state index contributed by atoms with van der Waals surface area (Å²) in [5, 5.41) is 14.6. The number of carbonyl (C=O) groups excluding carboxylic acids is 1. The minimum atomic E-state index is -1.10. The summed E-state index contributed by atoms with van der Waals surface area (Å²) in [5.74, 6) is 0. The zero-order valence-corrected chi connectivity index (χ0v) is 20.7. The lowest BCUT2D eigenvalue weighted by atomic mass is 9.98. The minimum absolute atomic E-state index is 0.151. The number of carbonyl (C=O) groups is 1. The van der Waals surface area contributed by atoms with Gasteiger partial charge in [0.15, 0.2) is 0 Å². The molecule has 0 saturated carbocycles. The summed E-state index contributed by atoms with van der Waals surface area (Å²) in [6.45, 7) is 18.0. The number of hydrogen-bond acceptors (Lipinski definition) is 5. The standard InChI is InChI=1S/C22H37N3O4Si/c1-16-11-18(12-17(2)25(21(26)29-27)22(3,4)5)13-19-14-24(23-20(16)19)15-28-9-10-30(6,7)8/h11,13-14,17,27H,9-10,12,15H2,1-8H3. The van der Waals surface area contributed by atoms with Gasteiger partial charge in [-0.15, -0.1) is 0 Å². The van der Waals surface area contributed by atoms with Gasteiger partial charge in [0.1, 0.15) is 6.73 Å². The molecule has 0 radical (unpaired) electrons. The number of amides is 1. The first-order valence-corrected chi connectivity index (χ1v) is 14.2. The molecular weight excluding hydrogens is 398 g/mol. The Labute approximate surface area is 180 Å². The zero-order valence-electron chi connectivity index (χ0n) is 19.7. The van der Waals surface area contributed by atoms with Gasteiger partial charge in [-0.25, -0.2) is 9.48 Å². The van der Waals surface area contributed by atoms with Crippen molar-refractivity contribution >= 4 is 25.1 Å². The van der Waals surface area contributed by atoms with E-state index in [0.717, 1.165) is 34.7 Å². The molecule has 0 bridgehead atoms. The van der Waals surface area contributed by atoms with E-state index in [1.54, 1.807) is 4.90 Å². The highest BCUT2D eigenvalue weighted by molar-refractivity contribution is 6.76. The number of aromatic nitrogens is 2. The number of nitrogens with zero attached hydrogens (tertiary/aromatic N) is 3. The second kappa shape index (κ2) is 9.49. The van der Waals surface area contributed by atoms with E-state index in [2.05, 4.69) is 41.8 Å². The molecule has 2 aromatic rings. The van der Waals surface area contributed by atoms with E-state index in [4.69, 9.17) is 9.99 Å². The lowest BCUT2D eigenvalue weighted by Crippen LogP contribution is -2.51. The molecule has 0 saturated heterocycles. The third kappa shape index (κ3) is 6.55. The summed E-state index contributed by atoms with van der Waals surface area (Å²) in [5.41, 5.74) is 2.67. The van der Waals surface area contributed by atoms with E-state index in [1.807, 2.05) is 45.5 Å². The highest BCUT2D eigenvalue weighted by atomic mass is 28.3. The molecule has 1 aromatic carbocycles. The van der Waals surface area contributed by atoms with Crippen molar-refractivity contribution in [2.24, 2.45) is 0 Å². The molecule has 0 aliphatic carbocycles. The van der Waals surface area contributed by atoms with Crippen LogP contribution in [0.5, 0.6) is 0 Å². The van der Waals surface area contributed by atoms with Crippen molar-refractivity contribution in [3.63, 3.8) is 0 Å². The van der Waals surface area contributed by atoms with Gasteiger partial charge in [-0.2, -0.15) is 10.4 Å². The highest BCUT2D eigenvalue weighted by Crippen LogP contribution is 2.24. The van der Waals surface area contributed by atoms with Crippen LogP contribution in [0, 0.1) is 6.92 Å². The lowest BCUT2D eigenvalue weighted by Gasteiger charge is -2.38. The lowest BCUT2D eigenvalue weighted by molar-refractivity contribution is -0.194. The molecule has 1 atom stereocenters. The molecule has 7 nitrogen and oxygen atoms in total. The first kappa shape index (κ1) is 24.4. The van der Waals surface area contributed by atoms with E-state index in [9.17, 15) is 4.79 Å². The summed E-state index contributed by atoms with van der Waals surface area (Å²) in [7, 11) is -1.10. The first-order valence-electron chi connectivity index (χ1n) is 10.5. The Hall–Kier alpha value is -1.90. The number of fused-ring (bicyclic) bond motifs is 1. The molecule has 1 N–H and O–H groups in total. The fraction of sp³-hybridized carbons (Fsp3) is 0.636. The maximum absolute atomic E-state index is 12.1. The monoisotopic (exact) mass is 435 g/mol. The Morgan fingerprint density at radius 2 is 1.97 bits per heavy atom. The number of hydrogen-bond donors (Lipinski definition) is 1. The van der Waals surface area contributed by atoms with Gasteiger partial charge in [0.05, 0.1) is 5.52 Å². The molecule has 30 heavy (non-hydrogen) atoms. The van der Waals surface area contributed by atoms with Crippen LogP contribution in [0.2, 0.25) is 25.7 Å². The highest BCUT2D eigenvalue weighted by Gasteiger charge is 2.32. The molecule has 1 aromatic heterocycles. The van der Waals surface area contributed by atoms with Crippen LogP contribution in [0.4, 0.5) is 4.79 Å². The van der Waals surface area contributed by atoms with Gasteiger partial charge in [-0.1, -0.05) is 25.7 Å². The van der Waals surface area contributed by atoms with Crippen molar-refractivity contribution in [2.45, 2.75) is 85.0 Å². The molecule has 0 aliphatic rings. The van der Waals surface area contributed by atoms with Crippen LogP contribution in [0.1, 0.15) is 38.8 Å². The van der Waals surface area contributed by atoms with Crippen LogP contribution in [0.15, 0.2) is 18.3 Å². The first-order chi connectivity index (χ1) is 13.8. The van der Waals surface area contributed by atoms with Crippen LogP contribution >= 0.6 is 0 Å². The minimum Gasteiger partial charge on any atom is -0.360 e. The predicted octanol–water partition coefficient (Wildman–Crippen LogP) is 5.30. The topological polar surface area (TPSA) is 76.8 Å². The normalized spacial score (nSPS) is 13.5. The molecule has 0 aliphatic heterocycles. The van der Waals surface area contributed by atoms with Gasteiger partial charge in [0.2, 0.25) is 0 Å². The maximum atomic E-state index is 12.1. The molecule has 8 heteroatoms. The summed E-state index contributed by atoms with van der Waals surface area (Å²) in [6, 6.07) is 5.19. The molecule has 168 valence electrons. The quantitative estimate of drug-likeness (QED) is 0.264. The van der Waals surface area contributed by atoms with Crippen molar-refractivity contribution in [1.82, 2.24) is 14.7 Å². The molecule has 0 fully saturated rings. The second-order valence-electron chi connectivity index (χ2n) is 10.3. The van der Waals surface area contributed by atoms with Crippen molar-refractivity contribution in [1.29, 1.82) is 0 Å². The fourth-order valence-electron chi connectivity index (χ4n) is 3.75. The number of rotatable bonds is 8. The van der Waals surface area contributed by atoms with Crippen LogP contribution in [0.3, 0.4) is 0 Å². The third-order valence-corrected chi connectivity index (χ3v) is 6.80. The molecule has 1 amide bonds. The van der Waals surface area contributed by atoms with E-state index >= 15 is 0 Å². The fourth-order valence-corrected chi connectivity index (χ4v) is 4.51. The smallest absolute Gasteiger partial charge is 0.360 e. The Balaban J connectivity index is 2.14. The second-order valence-corrected chi connectivity index (χ2v) is 15.9. The van der Waals surface area contributed by atoms with Crippen LogP contribution in [0.25, 0.3) is 10.9 Å². The number of ether oxygens (including phenoxy) is 1. The van der Waals surface area contributed by atoms with Gasteiger partial charge < -0.3 is 4.74 Å². The summed E-state index contributed by atoms with van der Waals surface area (Å²) in [4.78, 5) is 17.7. The van der Waals surface area contributed by atoms with E-state index in [-0.39, 0.29) is 6.04 Å². The largest absolute Gasteiger partial charge is 0.441 e. The van der Waals surface area contributed by atoms with Gasteiger partial charge in [-0.3, -0.25) is 9.79 Å². The zero-order chi connectivity index (χ0) is 22.7. The number of benzene rings is 1. The summed E-state index contributed by atoms with van der Waals surface area (Å²) in [6.07, 6.45) is 1.91. The average Bonchev–Trinajstić information content (AvgIpc) is 3.00.